The molecule has 0 radical (unpaired) electrons. The largest absolute Gasteiger partial charge is 0.491 e. The van der Waals surface area contributed by atoms with Gasteiger partial charge in [0.1, 0.15) is 12.4 Å². The fraction of sp³-hybridized carbons (Fsp3) is 0.417. The third kappa shape index (κ3) is 4.97. The third-order valence-corrected chi connectivity index (χ3v) is 5.47. The van der Waals surface area contributed by atoms with E-state index in [1.807, 2.05) is 60.5 Å². The number of hydrogen-bond acceptors (Lipinski definition) is 3. The highest BCUT2D eigenvalue weighted by molar-refractivity contribution is 5.97. The van der Waals surface area contributed by atoms with Crippen molar-refractivity contribution in [1.29, 1.82) is 0 Å². The maximum absolute atomic E-state index is 13.3. The molecule has 0 fully saturated rings. The molecule has 2 aromatic carbocycles. The Labute approximate surface area is 173 Å². The first kappa shape index (κ1) is 20.9. The van der Waals surface area contributed by atoms with E-state index in [-0.39, 0.29) is 23.8 Å². The molecule has 1 atom stereocenters. The molecule has 0 spiro atoms. The van der Waals surface area contributed by atoms with Crippen LogP contribution in [0.3, 0.4) is 0 Å². The first-order chi connectivity index (χ1) is 14.0. The summed E-state index contributed by atoms with van der Waals surface area (Å²) < 4.78 is 6.13. The molecular formula is C24H30N2O3. The molecule has 3 rings (SSSR count). The highest BCUT2D eigenvalue weighted by Crippen LogP contribution is 2.23. The Hall–Kier alpha value is -2.82. The van der Waals surface area contributed by atoms with E-state index < -0.39 is 0 Å². The fourth-order valence-electron chi connectivity index (χ4n) is 3.69. The van der Waals surface area contributed by atoms with Gasteiger partial charge in [0.25, 0.3) is 11.8 Å². The summed E-state index contributed by atoms with van der Waals surface area (Å²) in [6.07, 6.45) is 1.68. The molecular weight excluding hydrogens is 364 g/mol. The topological polar surface area (TPSA) is 49.9 Å². The van der Waals surface area contributed by atoms with E-state index in [2.05, 4.69) is 13.8 Å². The monoisotopic (exact) mass is 394 g/mol. The second kappa shape index (κ2) is 9.59. The Bertz CT molecular complexity index is 835. The van der Waals surface area contributed by atoms with E-state index in [1.54, 1.807) is 11.0 Å². The van der Waals surface area contributed by atoms with Crippen LogP contribution in [0.4, 0.5) is 0 Å². The van der Waals surface area contributed by atoms with Gasteiger partial charge in [-0.2, -0.15) is 0 Å². The van der Waals surface area contributed by atoms with Crippen LogP contribution in [0, 0.1) is 5.92 Å². The van der Waals surface area contributed by atoms with Gasteiger partial charge in [-0.05, 0) is 43.0 Å². The predicted octanol–water partition coefficient (Wildman–Crippen LogP) is 4.10. The Morgan fingerprint density at radius 1 is 1.00 bits per heavy atom. The minimum absolute atomic E-state index is 0.0283. The number of carbonyl (C=O) groups is 2. The van der Waals surface area contributed by atoms with Crippen molar-refractivity contribution in [2.45, 2.75) is 32.7 Å². The summed E-state index contributed by atoms with van der Waals surface area (Å²) in [5.41, 5.74) is 1.26. The third-order valence-electron chi connectivity index (χ3n) is 5.47. The van der Waals surface area contributed by atoms with Gasteiger partial charge in [-0.1, -0.05) is 44.2 Å². The molecule has 0 aliphatic carbocycles. The molecule has 0 saturated heterocycles. The van der Waals surface area contributed by atoms with E-state index in [0.717, 1.165) is 12.8 Å². The van der Waals surface area contributed by atoms with Gasteiger partial charge in [0.05, 0.1) is 11.6 Å². The van der Waals surface area contributed by atoms with Gasteiger partial charge < -0.3 is 14.5 Å². The minimum atomic E-state index is -0.0805. The standard InChI is InChI=1S/C24H30N2O3/c1-18(2)21-17-29-22-14-8-7-13-20(22)24(28)25(3)15-9-10-16-26(21)23(27)19-11-5-4-6-12-19/h4-8,11-14,18,21H,9-10,15-17H2,1-3H3/t21-/m1/s1. The lowest BCUT2D eigenvalue weighted by Crippen LogP contribution is -2.47. The van der Waals surface area contributed by atoms with Gasteiger partial charge >= 0.3 is 0 Å². The summed E-state index contributed by atoms with van der Waals surface area (Å²) in [6, 6.07) is 16.7. The molecule has 154 valence electrons. The van der Waals surface area contributed by atoms with Gasteiger partial charge in [-0.3, -0.25) is 9.59 Å². The number of ether oxygens (including phenoxy) is 1. The van der Waals surface area contributed by atoms with Gasteiger partial charge in [0, 0.05) is 25.7 Å². The van der Waals surface area contributed by atoms with Crippen molar-refractivity contribution in [2.75, 3.05) is 26.7 Å². The lowest BCUT2D eigenvalue weighted by Gasteiger charge is -2.35. The smallest absolute Gasteiger partial charge is 0.257 e. The molecule has 0 unspecified atom stereocenters. The highest BCUT2D eigenvalue weighted by atomic mass is 16.5. The van der Waals surface area contributed by atoms with E-state index in [1.165, 1.54) is 0 Å². The minimum Gasteiger partial charge on any atom is -0.491 e. The molecule has 0 bridgehead atoms. The van der Waals surface area contributed by atoms with E-state index >= 15 is 0 Å². The van der Waals surface area contributed by atoms with Crippen LogP contribution >= 0.6 is 0 Å². The van der Waals surface area contributed by atoms with Gasteiger partial charge in [-0.15, -0.1) is 0 Å². The Kier molecular flexibility index (Phi) is 6.91. The molecule has 1 aliphatic rings. The zero-order chi connectivity index (χ0) is 20.8. The molecule has 1 aliphatic heterocycles. The Balaban J connectivity index is 1.92. The molecule has 5 heteroatoms. The molecule has 2 amide bonds. The van der Waals surface area contributed by atoms with E-state index in [4.69, 9.17) is 4.74 Å². The molecule has 0 N–H and O–H groups in total. The summed E-state index contributed by atoms with van der Waals surface area (Å²) in [6.45, 7) is 5.85. The molecule has 2 aromatic rings. The number of nitrogens with zero attached hydrogens (tertiary/aromatic N) is 2. The second-order valence-corrected chi connectivity index (χ2v) is 7.92. The van der Waals surface area contributed by atoms with Crippen LogP contribution in [-0.2, 0) is 0 Å². The quantitative estimate of drug-likeness (QED) is 0.771. The first-order valence-electron chi connectivity index (χ1n) is 10.3. The Morgan fingerprint density at radius 2 is 1.66 bits per heavy atom. The second-order valence-electron chi connectivity index (χ2n) is 7.92. The average Bonchev–Trinajstić information content (AvgIpc) is 2.74. The van der Waals surface area contributed by atoms with Crippen LogP contribution in [0.1, 0.15) is 47.4 Å². The van der Waals surface area contributed by atoms with Crippen molar-refractivity contribution >= 4 is 11.8 Å². The van der Waals surface area contributed by atoms with Crippen LogP contribution in [0.15, 0.2) is 54.6 Å². The number of fused-ring (bicyclic) bond motifs is 1. The zero-order valence-electron chi connectivity index (χ0n) is 17.5. The number of para-hydroxylation sites is 1. The van der Waals surface area contributed by atoms with Crippen LogP contribution in [0.25, 0.3) is 0 Å². The average molecular weight is 395 g/mol. The van der Waals surface area contributed by atoms with Crippen LogP contribution in [-0.4, -0.2) is 54.4 Å². The number of benzene rings is 2. The van der Waals surface area contributed by atoms with E-state index in [0.29, 0.717) is 36.6 Å². The summed E-state index contributed by atoms with van der Waals surface area (Å²) in [4.78, 5) is 29.8. The summed E-state index contributed by atoms with van der Waals surface area (Å²) in [5, 5.41) is 0. The molecule has 5 nitrogen and oxygen atoms in total. The summed E-state index contributed by atoms with van der Waals surface area (Å²) in [7, 11) is 1.81. The number of rotatable bonds is 2. The van der Waals surface area contributed by atoms with Crippen molar-refractivity contribution < 1.29 is 14.3 Å². The summed E-state index contributed by atoms with van der Waals surface area (Å²) >= 11 is 0. The predicted molar refractivity (Wildman–Crippen MR) is 114 cm³/mol. The Morgan fingerprint density at radius 3 is 2.38 bits per heavy atom. The number of amides is 2. The molecule has 0 aromatic heterocycles. The fourth-order valence-corrected chi connectivity index (χ4v) is 3.69. The SMILES string of the molecule is CC(C)[C@H]1COc2ccccc2C(=O)N(C)CCCCN1C(=O)c1ccccc1. The highest BCUT2D eigenvalue weighted by Gasteiger charge is 2.29. The first-order valence-corrected chi connectivity index (χ1v) is 10.3. The maximum atomic E-state index is 13.3. The van der Waals surface area contributed by atoms with Crippen molar-refractivity contribution in [3.05, 3.63) is 65.7 Å². The van der Waals surface area contributed by atoms with Crippen molar-refractivity contribution in [3.8, 4) is 5.75 Å². The molecule has 0 saturated carbocycles. The van der Waals surface area contributed by atoms with Crippen LogP contribution < -0.4 is 4.74 Å². The molecule has 1 heterocycles. The van der Waals surface area contributed by atoms with Gasteiger partial charge in [0.2, 0.25) is 0 Å². The lowest BCUT2D eigenvalue weighted by atomic mass is 10.0. The van der Waals surface area contributed by atoms with Gasteiger partial charge in [0.15, 0.2) is 0 Å². The van der Waals surface area contributed by atoms with Crippen molar-refractivity contribution in [3.63, 3.8) is 0 Å². The zero-order valence-corrected chi connectivity index (χ0v) is 17.5. The van der Waals surface area contributed by atoms with Crippen LogP contribution in [0.5, 0.6) is 5.75 Å². The van der Waals surface area contributed by atoms with E-state index in [9.17, 15) is 9.59 Å². The number of hydrogen-bond donors (Lipinski definition) is 0. The van der Waals surface area contributed by atoms with Crippen molar-refractivity contribution in [1.82, 2.24) is 9.80 Å². The number of carbonyl (C=O) groups excluding carboxylic acids is 2. The maximum Gasteiger partial charge on any atom is 0.257 e. The molecule has 29 heavy (non-hydrogen) atoms. The van der Waals surface area contributed by atoms with Crippen LogP contribution in [0.2, 0.25) is 0 Å². The lowest BCUT2D eigenvalue weighted by molar-refractivity contribution is 0.0515. The van der Waals surface area contributed by atoms with Crippen molar-refractivity contribution in [2.24, 2.45) is 5.92 Å². The normalized spacial score (nSPS) is 18.5. The van der Waals surface area contributed by atoms with Gasteiger partial charge in [-0.25, -0.2) is 0 Å². The summed E-state index contributed by atoms with van der Waals surface area (Å²) in [5.74, 6) is 0.793.